The van der Waals surface area contributed by atoms with E-state index in [2.05, 4.69) is 45.7 Å². The number of anilines is 2. The summed E-state index contributed by atoms with van der Waals surface area (Å²) in [6, 6.07) is 9.37. The van der Waals surface area contributed by atoms with Crippen molar-refractivity contribution in [3.8, 4) is 0 Å². The second-order valence-electron chi connectivity index (χ2n) is 8.47. The first kappa shape index (κ1) is 22.2. The van der Waals surface area contributed by atoms with Crippen molar-refractivity contribution >= 4 is 23.2 Å². The van der Waals surface area contributed by atoms with E-state index in [1.165, 1.54) is 23.7 Å². The smallest absolute Gasteiger partial charge is 0.313 e. The van der Waals surface area contributed by atoms with Gasteiger partial charge in [-0.15, -0.1) is 0 Å². The number of carbonyl (C=O) groups is 2. The van der Waals surface area contributed by atoms with Gasteiger partial charge in [0.2, 0.25) is 0 Å². The Hall–Kier alpha value is -3.00. The number of nitrogens with zero attached hydrogens (tertiary/aromatic N) is 2. The molecular formula is C24H28F2N4O2. The molecule has 4 rings (SSSR count). The Morgan fingerprint density at radius 2 is 1.75 bits per heavy atom. The molecule has 2 amide bonds. The number of likely N-dealkylation sites (tertiary alicyclic amines) is 1. The highest BCUT2D eigenvalue weighted by molar-refractivity contribution is 6.39. The number of hydrogen-bond donors (Lipinski definition) is 2. The van der Waals surface area contributed by atoms with E-state index in [0.717, 1.165) is 56.6 Å². The number of likely N-dealkylation sites (N-methyl/N-ethyl adjacent to an activating group) is 1. The highest BCUT2D eigenvalue weighted by Gasteiger charge is 2.26. The van der Waals surface area contributed by atoms with Gasteiger partial charge in [-0.2, -0.15) is 0 Å². The summed E-state index contributed by atoms with van der Waals surface area (Å²) < 4.78 is 26.4. The summed E-state index contributed by atoms with van der Waals surface area (Å²) in [5.41, 5.74) is 3.69. The normalized spacial score (nSPS) is 17.0. The van der Waals surface area contributed by atoms with E-state index in [-0.39, 0.29) is 11.7 Å². The fraction of sp³-hybridized carbons (Fsp3) is 0.417. The van der Waals surface area contributed by atoms with Crippen LogP contribution in [-0.4, -0.2) is 49.9 Å². The molecule has 6 nitrogen and oxygen atoms in total. The number of halogens is 2. The minimum Gasteiger partial charge on any atom is -0.374 e. The number of amides is 2. The van der Waals surface area contributed by atoms with Crippen molar-refractivity contribution in [3.63, 3.8) is 0 Å². The van der Waals surface area contributed by atoms with Crippen LogP contribution in [0.1, 0.15) is 36.4 Å². The molecule has 0 aliphatic carbocycles. The highest BCUT2D eigenvalue weighted by Crippen LogP contribution is 2.32. The molecule has 0 saturated carbocycles. The van der Waals surface area contributed by atoms with Crippen LogP contribution in [0.25, 0.3) is 0 Å². The third kappa shape index (κ3) is 4.91. The van der Waals surface area contributed by atoms with Gasteiger partial charge < -0.3 is 15.5 Å². The largest absolute Gasteiger partial charge is 0.374 e. The number of piperidine rings is 1. The summed E-state index contributed by atoms with van der Waals surface area (Å²) in [4.78, 5) is 29.3. The second-order valence-corrected chi connectivity index (χ2v) is 8.47. The Morgan fingerprint density at radius 1 is 0.969 bits per heavy atom. The van der Waals surface area contributed by atoms with Crippen molar-refractivity contribution in [2.45, 2.75) is 31.7 Å². The number of benzene rings is 2. The first-order valence-electron chi connectivity index (χ1n) is 11.0. The highest BCUT2D eigenvalue weighted by atomic mass is 19.2. The minimum atomic E-state index is -1.09. The van der Waals surface area contributed by atoms with Crippen molar-refractivity contribution in [2.24, 2.45) is 0 Å². The van der Waals surface area contributed by atoms with Gasteiger partial charge in [0, 0.05) is 37.6 Å². The average Bonchev–Trinajstić information content (AvgIpc) is 3.17. The molecule has 2 aliphatic heterocycles. The molecule has 1 fully saturated rings. The molecule has 32 heavy (non-hydrogen) atoms. The van der Waals surface area contributed by atoms with Crippen molar-refractivity contribution in [1.29, 1.82) is 0 Å². The zero-order chi connectivity index (χ0) is 22.7. The van der Waals surface area contributed by atoms with E-state index in [1.807, 2.05) is 0 Å². The SMILES string of the molecule is CN1CCc2cc([C@@H](CNC(=O)C(=O)Nc3ccc(F)c(F)c3)N3CCCCC3)ccc21. The van der Waals surface area contributed by atoms with Crippen molar-refractivity contribution in [3.05, 3.63) is 59.2 Å². The Kier molecular flexibility index (Phi) is 6.69. The molecule has 0 aromatic heterocycles. The van der Waals surface area contributed by atoms with Crippen LogP contribution in [0.5, 0.6) is 0 Å². The lowest BCUT2D eigenvalue weighted by Crippen LogP contribution is -2.43. The van der Waals surface area contributed by atoms with Crippen LogP contribution >= 0.6 is 0 Å². The van der Waals surface area contributed by atoms with Gasteiger partial charge in [-0.25, -0.2) is 8.78 Å². The van der Waals surface area contributed by atoms with E-state index in [0.29, 0.717) is 6.54 Å². The molecule has 170 valence electrons. The quantitative estimate of drug-likeness (QED) is 0.698. The molecule has 1 saturated heterocycles. The van der Waals surface area contributed by atoms with Crippen LogP contribution in [0, 0.1) is 11.6 Å². The van der Waals surface area contributed by atoms with E-state index in [4.69, 9.17) is 0 Å². The number of carbonyl (C=O) groups excluding carboxylic acids is 2. The van der Waals surface area contributed by atoms with Gasteiger partial charge in [0.15, 0.2) is 11.6 Å². The summed E-state index contributed by atoms with van der Waals surface area (Å²) in [6.45, 7) is 3.17. The van der Waals surface area contributed by atoms with Crippen molar-refractivity contribution in [1.82, 2.24) is 10.2 Å². The predicted octanol–water partition coefficient (Wildman–Crippen LogP) is 3.24. The first-order chi connectivity index (χ1) is 15.4. The van der Waals surface area contributed by atoms with Crippen LogP contribution in [0.2, 0.25) is 0 Å². The van der Waals surface area contributed by atoms with Gasteiger partial charge in [0.1, 0.15) is 0 Å². The van der Waals surface area contributed by atoms with Gasteiger partial charge in [0.25, 0.3) is 0 Å². The lowest BCUT2D eigenvalue weighted by atomic mass is 9.98. The summed E-state index contributed by atoms with van der Waals surface area (Å²) in [6.07, 6.45) is 4.40. The molecule has 2 aromatic carbocycles. The summed E-state index contributed by atoms with van der Waals surface area (Å²) in [5, 5.41) is 5.05. The van der Waals surface area contributed by atoms with E-state index < -0.39 is 23.4 Å². The second kappa shape index (κ2) is 9.65. The third-order valence-electron chi connectivity index (χ3n) is 6.29. The summed E-state index contributed by atoms with van der Waals surface area (Å²) in [5.74, 6) is -3.82. The third-order valence-corrected chi connectivity index (χ3v) is 6.29. The molecule has 2 aromatic rings. The number of nitrogens with one attached hydrogen (secondary N) is 2. The van der Waals surface area contributed by atoms with Gasteiger partial charge >= 0.3 is 11.8 Å². The summed E-state index contributed by atoms with van der Waals surface area (Å²) in [7, 11) is 2.08. The maximum atomic E-state index is 13.4. The Balaban J connectivity index is 1.44. The minimum absolute atomic E-state index is 0.0272. The van der Waals surface area contributed by atoms with Crippen molar-refractivity contribution < 1.29 is 18.4 Å². The lowest BCUT2D eigenvalue weighted by Gasteiger charge is -2.35. The van der Waals surface area contributed by atoms with E-state index >= 15 is 0 Å². The molecule has 1 atom stereocenters. The Bertz CT molecular complexity index is 1010. The van der Waals surface area contributed by atoms with Gasteiger partial charge in [-0.1, -0.05) is 18.6 Å². The fourth-order valence-electron chi connectivity index (χ4n) is 4.51. The first-order valence-corrected chi connectivity index (χ1v) is 11.0. The average molecular weight is 443 g/mol. The lowest BCUT2D eigenvalue weighted by molar-refractivity contribution is -0.136. The Labute approximate surface area is 186 Å². The molecule has 2 aliphatic rings. The van der Waals surface area contributed by atoms with Crippen LogP contribution < -0.4 is 15.5 Å². The fourth-order valence-corrected chi connectivity index (χ4v) is 4.51. The number of hydrogen-bond acceptors (Lipinski definition) is 4. The zero-order valence-corrected chi connectivity index (χ0v) is 18.2. The molecule has 2 heterocycles. The predicted molar refractivity (Wildman–Crippen MR) is 120 cm³/mol. The number of rotatable bonds is 5. The van der Waals surface area contributed by atoms with Crippen LogP contribution in [0.3, 0.4) is 0 Å². The molecular weight excluding hydrogens is 414 g/mol. The molecule has 0 radical (unpaired) electrons. The van der Waals surface area contributed by atoms with Gasteiger partial charge in [-0.3, -0.25) is 14.5 Å². The van der Waals surface area contributed by atoms with Gasteiger partial charge in [-0.05, 0) is 61.7 Å². The number of fused-ring (bicyclic) bond motifs is 1. The van der Waals surface area contributed by atoms with Crippen LogP contribution in [0.15, 0.2) is 36.4 Å². The molecule has 8 heteroatoms. The topological polar surface area (TPSA) is 64.7 Å². The van der Waals surface area contributed by atoms with Crippen LogP contribution in [0.4, 0.5) is 20.2 Å². The van der Waals surface area contributed by atoms with Crippen molar-refractivity contribution in [2.75, 3.05) is 43.4 Å². The van der Waals surface area contributed by atoms with E-state index in [9.17, 15) is 18.4 Å². The van der Waals surface area contributed by atoms with E-state index in [1.54, 1.807) is 0 Å². The zero-order valence-electron chi connectivity index (χ0n) is 18.2. The van der Waals surface area contributed by atoms with Gasteiger partial charge in [0.05, 0.1) is 6.04 Å². The molecule has 0 unspecified atom stereocenters. The monoisotopic (exact) mass is 442 g/mol. The molecule has 2 N–H and O–H groups in total. The molecule has 0 spiro atoms. The Morgan fingerprint density at radius 3 is 2.50 bits per heavy atom. The standard InChI is InChI=1S/C24H28F2N4O2/c1-29-12-9-17-13-16(5-8-21(17)29)22(30-10-3-2-4-11-30)15-27-23(31)24(32)28-18-6-7-19(25)20(26)14-18/h5-8,13-14,22H,2-4,9-12,15H2,1H3,(H,27,31)(H,28,32)/t22-/m1/s1. The summed E-state index contributed by atoms with van der Waals surface area (Å²) >= 11 is 0. The maximum absolute atomic E-state index is 13.4. The molecule has 0 bridgehead atoms. The maximum Gasteiger partial charge on any atom is 0.313 e. The van der Waals surface area contributed by atoms with Crippen LogP contribution in [-0.2, 0) is 16.0 Å².